The number of carbonyl (C=O) groups excluding carboxylic acids is 3. The Morgan fingerprint density at radius 3 is 2.65 bits per heavy atom. The number of hydrogen-bond donors (Lipinski definition) is 1. The molecule has 0 aromatic heterocycles. The van der Waals surface area contributed by atoms with Gasteiger partial charge in [0, 0.05) is 24.0 Å². The molecular formula is C18H18ClNO6. The molecule has 0 unspecified atom stereocenters. The molecule has 0 radical (unpaired) electrons. The van der Waals surface area contributed by atoms with Gasteiger partial charge in [-0.05, 0) is 6.07 Å². The smallest absolute Gasteiger partial charge is 0.231 e. The Labute approximate surface area is 155 Å². The summed E-state index contributed by atoms with van der Waals surface area (Å²) in [5, 5.41) is -0.0129. The maximum absolute atomic E-state index is 13.3. The van der Waals surface area contributed by atoms with E-state index in [4.69, 9.17) is 31.5 Å². The predicted molar refractivity (Wildman–Crippen MR) is 93.0 cm³/mol. The van der Waals surface area contributed by atoms with Crippen molar-refractivity contribution in [3.05, 3.63) is 34.1 Å². The zero-order chi connectivity index (χ0) is 19.2. The number of ether oxygens (including phenoxy) is 3. The average Bonchev–Trinajstić information content (AvgIpc) is 2.93. The van der Waals surface area contributed by atoms with Crippen LogP contribution in [0.5, 0.6) is 11.5 Å². The number of hydrogen-bond acceptors (Lipinski definition) is 7. The summed E-state index contributed by atoms with van der Waals surface area (Å²) >= 11 is 6.36. The minimum absolute atomic E-state index is 0.0129. The number of carbonyl (C=O) groups is 3. The summed E-state index contributed by atoms with van der Waals surface area (Å²) in [6.45, 7) is 1.47. The molecule has 7 nitrogen and oxygen atoms in total. The van der Waals surface area contributed by atoms with Crippen molar-refractivity contribution in [2.75, 3.05) is 20.8 Å². The highest BCUT2D eigenvalue weighted by molar-refractivity contribution is 6.37. The number of rotatable bonds is 4. The van der Waals surface area contributed by atoms with Crippen LogP contribution in [0.25, 0.3) is 0 Å². The first kappa shape index (κ1) is 18.4. The summed E-state index contributed by atoms with van der Waals surface area (Å²) in [6, 6.07) is 1.38. The molecule has 26 heavy (non-hydrogen) atoms. The molecule has 0 saturated carbocycles. The average molecular weight is 380 g/mol. The minimum Gasteiger partial charge on any atom is -0.496 e. The van der Waals surface area contributed by atoms with E-state index in [1.54, 1.807) is 6.92 Å². The monoisotopic (exact) mass is 379 g/mol. The third kappa shape index (κ3) is 2.34. The zero-order valence-electron chi connectivity index (χ0n) is 14.6. The second-order valence-corrected chi connectivity index (χ2v) is 6.60. The van der Waals surface area contributed by atoms with Crippen LogP contribution in [0.4, 0.5) is 0 Å². The number of methoxy groups -OCH3 is 2. The third-order valence-electron chi connectivity index (χ3n) is 4.80. The van der Waals surface area contributed by atoms with E-state index in [0.717, 1.165) is 0 Å². The lowest BCUT2D eigenvalue weighted by molar-refractivity contribution is -0.118. The van der Waals surface area contributed by atoms with Gasteiger partial charge in [-0.1, -0.05) is 18.5 Å². The fourth-order valence-electron chi connectivity index (χ4n) is 3.49. The summed E-state index contributed by atoms with van der Waals surface area (Å²) in [7, 11) is 2.74. The topological polar surface area (TPSA) is 105 Å². The van der Waals surface area contributed by atoms with E-state index < -0.39 is 23.1 Å². The Kier molecular flexibility index (Phi) is 4.54. The van der Waals surface area contributed by atoms with E-state index in [-0.39, 0.29) is 52.2 Å². The van der Waals surface area contributed by atoms with E-state index in [2.05, 4.69) is 0 Å². The van der Waals surface area contributed by atoms with Gasteiger partial charge in [0.2, 0.25) is 11.4 Å². The number of fused-ring (bicyclic) bond motifs is 1. The molecule has 1 aliphatic carbocycles. The third-order valence-corrected chi connectivity index (χ3v) is 5.17. The molecule has 3 rings (SSSR count). The summed E-state index contributed by atoms with van der Waals surface area (Å²) < 4.78 is 16.6. The van der Waals surface area contributed by atoms with Crippen molar-refractivity contribution in [3.63, 3.8) is 0 Å². The van der Waals surface area contributed by atoms with Gasteiger partial charge in [0.05, 0.1) is 25.8 Å². The highest BCUT2D eigenvalue weighted by atomic mass is 35.5. The molecule has 0 saturated heterocycles. The quantitative estimate of drug-likeness (QED) is 0.797. The molecule has 2 N–H and O–H groups in total. The van der Waals surface area contributed by atoms with Crippen LogP contribution in [0.3, 0.4) is 0 Å². The summed E-state index contributed by atoms with van der Waals surface area (Å²) in [5.74, 6) is -1.20. The first-order valence-electron chi connectivity index (χ1n) is 7.98. The summed E-state index contributed by atoms with van der Waals surface area (Å²) in [4.78, 5) is 37.3. The van der Waals surface area contributed by atoms with Gasteiger partial charge in [0.15, 0.2) is 23.1 Å². The highest BCUT2D eigenvalue weighted by Gasteiger charge is 2.59. The van der Waals surface area contributed by atoms with Crippen molar-refractivity contribution < 1.29 is 28.6 Å². The lowest BCUT2D eigenvalue weighted by atomic mass is 9.75. The van der Waals surface area contributed by atoms with E-state index in [9.17, 15) is 14.4 Å². The Bertz CT molecular complexity index is 862. The van der Waals surface area contributed by atoms with Crippen LogP contribution in [0.1, 0.15) is 34.1 Å². The normalized spacial score (nSPS) is 24.2. The van der Waals surface area contributed by atoms with E-state index in [1.165, 1.54) is 26.4 Å². The van der Waals surface area contributed by atoms with Gasteiger partial charge >= 0.3 is 0 Å². The van der Waals surface area contributed by atoms with Crippen molar-refractivity contribution >= 4 is 29.0 Å². The number of benzene rings is 1. The van der Waals surface area contributed by atoms with E-state index in [0.29, 0.717) is 0 Å². The SMILES string of the molecule is COC1=CC(=O)C[C@@H](C)[C@]12Oc1c(Cl)c(C(=O)CN)cc(OC)c1C2=O. The summed E-state index contributed by atoms with van der Waals surface area (Å²) in [5.41, 5.74) is 4.14. The number of ketones is 3. The molecule has 1 spiro atoms. The molecule has 2 aliphatic rings. The van der Waals surface area contributed by atoms with Gasteiger partial charge in [-0.3, -0.25) is 14.4 Å². The largest absolute Gasteiger partial charge is 0.496 e. The van der Waals surface area contributed by atoms with Crippen LogP contribution in [0.15, 0.2) is 17.9 Å². The van der Waals surface area contributed by atoms with Crippen LogP contribution in [0.2, 0.25) is 5.02 Å². The Morgan fingerprint density at radius 2 is 2.08 bits per heavy atom. The van der Waals surface area contributed by atoms with Crippen LogP contribution in [0, 0.1) is 5.92 Å². The Morgan fingerprint density at radius 1 is 1.38 bits per heavy atom. The maximum Gasteiger partial charge on any atom is 0.231 e. The van der Waals surface area contributed by atoms with Gasteiger partial charge in [-0.25, -0.2) is 0 Å². The standard InChI is InChI=1S/C18H18ClNO6/c1-8-4-9(21)5-13(25-3)18(8)17(23)14-12(24-2)6-10(11(22)7-20)15(19)16(14)26-18/h5-6,8H,4,7,20H2,1-3H3/t8-,18+/m1/s1. The number of Topliss-reactive ketones (excluding diaryl/α,β-unsaturated/α-hetero) is 2. The molecule has 0 bridgehead atoms. The van der Waals surface area contributed by atoms with E-state index >= 15 is 0 Å². The van der Waals surface area contributed by atoms with Crippen LogP contribution < -0.4 is 15.2 Å². The number of allylic oxidation sites excluding steroid dienone is 1. The summed E-state index contributed by atoms with van der Waals surface area (Å²) in [6.07, 6.45) is 1.37. The molecule has 1 heterocycles. The van der Waals surface area contributed by atoms with Crippen LogP contribution in [-0.2, 0) is 9.53 Å². The molecule has 138 valence electrons. The van der Waals surface area contributed by atoms with Crippen molar-refractivity contribution in [2.45, 2.75) is 18.9 Å². The number of halogens is 1. The van der Waals surface area contributed by atoms with Crippen LogP contribution >= 0.6 is 11.6 Å². The first-order chi connectivity index (χ1) is 12.3. The predicted octanol–water partition coefficient (Wildman–Crippen LogP) is 1.94. The van der Waals surface area contributed by atoms with Gasteiger partial charge < -0.3 is 19.9 Å². The van der Waals surface area contributed by atoms with Gasteiger partial charge in [-0.2, -0.15) is 0 Å². The molecule has 1 aromatic carbocycles. The molecule has 8 heteroatoms. The van der Waals surface area contributed by atoms with E-state index in [1.807, 2.05) is 0 Å². The molecule has 0 fully saturated rings. The molecule has 1 aromatic rings. The lowest BCUT2D eigenvalue weighted by Crippen LogP contribution is -2.51. The second kappa shape index (κ2) is 6.41. The first-order valence-corrected chi connectivity index (χ1v) is 8.36. The highest BCUT2D eigenvalue weighted by Crippen LogP contribution is 2.52. The fraction of sp³-hybridized carbons (Fsp3) is 0.389. The van der Waals surface area contributed by atoms with Gasteiger partial charge in [-0.15, -0.1) is 0 Å². The Hall–Kier alpha value is -2.38. The van der Waals surface area contributed by atoms with Crippen molar-refractivity contribution in [3.8, 4) is 11.5 Å². The molecular weight excluding hydrogens is 362 g/mol. The van der Waals surface area contributed by atoms with Gasteiger partial charge in [0.25, 0.3) is 0 Å². The zero-order valence-corrected chi connectivity index (χ0v) is 15.3. The van der Waals surface area contributed by atoms with Gasteiger partial charge in [0.1, 0.15) is 11.3 Å². The second-order valence-electron chi connectivity index (χ2n) is 6.22. The minimum atomic E-state index is -1.52. The van der Waals surface area contributed by atoms with Crippen molar-refractivity contribution in [2.24, 2.45) is 11.7 Å². The van der Waals surface area contributed by atoms with Crippen molar-refractivity contribution in [1.82, 2.24) is 0 Å². The molecule has 0 amide bonds. The van der Waals surface area contributed by atoms with Crippen LogP contribution in [-0.4, -0.2) is 43.7 Å². The lowest BCUT2D eigenvalue weighted by Gasteiger charge is -2.36. The number of nitrogens with two attached hydrogens (primary N) is 1. The maximum atomic E-state index is 13.3. The Balaban J connectivity index is 2.26. The molecule has 2 atom stereocenters. The molecule has 1 aliphatic heterocycles. The fourth-order valence-corrected chi connectivity index (χ4v) is 3.78. The van der Waals surface area contributed by atoms with Crippen molar-refractivity contribution in [1.29, 1.82) is 0 Å².